The molecule has 23 heavy (non-hydrogen) atoms. The van der Waals surface area contributed by atoms with Gasteiger partial charge in [-0.1, -0.05) is 5.16 Å². The highest BCUT2D eigenvalue weighted by atomic mass is 16.5. The van der Waals surface area contributed by atoms with Crippen molar-refractivity contribution in [2.45, 2.75) is 18.4 Å². The Morgan fingerprint density at radius 3 is 2.74 bits per heavy atom. The van der Waals surface area contributed by atoms with Crippen molar-refractivity contribution in [3.05, 3.63) is 29.8 Å². The van der Waals surface area contributed by atoms with Gasteiger partial charge in [-0.3, -0.25) is 9.78 Å². The fourth-order valence-corrected chi connectivity index (χ4v) is 2.53. The highest BCUT2D eigenvalue weighted by molar-refractivity contribution is 5.92. The third-order valence-corrected chi connectivity index (χ3v) is 3.99. The molecule has 3 heterocycles. The summed E-state index contributed by atoms with van der Waals surface area (Å²) in [5.41, 5.74) is 0.402. The lowest BCUT2D eigenvalue weighted by atomic mass is 9.93. The predicted octanol–water partition coefficient (Wildman–Crippen LogP) is 1.14. The Morgan fingerprint density at radius 2 is 2.13 bits per heavy atom. The van der Waals surface area contributed by atoms with Gasteiger partial charge in [0, 0.05) is 46.4 Å². The lowest BCUT2D eigenvalue weighted by Crippen LogP contribution is -2.36. The van der Waals surface area contributed by atoms with Crippen molar-refractivity contribution in [2.24, 2.45) is 0 Å². The van der Waals surface area contributed by atoms with E-state index in [9.17, 15) is 4.79 Å². The van der Waals surface area contributed by atoms with Crippen LogP contribution in [0.2, 0.25) is 0 Å². The minimum atomic E-state index is -0.574. The van der Waals surface area contributed by atoms with Gasteiger partial charge in [0.15, 0.2) is 0 Å². The Morgan fingerprint density at radius 1 is 1.35 bits per heavy atom. The Labute approximate surface area is 133 Å². The van der Waals surface area contributed by atoms with Gasteiger partial charge >= 0.3 is 0 Å². The first-order valence-corrected chi connectivity index (χ1v) is 7.34. The molecule has 1 saturated heterocycles. The molecule has 0 aromatic carbocycles. The molecule has 1 amide bonds. The smallest absolute Gasteiger partial charge is 0.269 e. The summed E-state index contributed by atoms with van der Waals surface area (Å²) in [6.07, 6.45) is 2.89. The Bertz CT molecular complexity index is 677. The number of nitrogens with zero attached hydrogens (tertiary/aromatic N) is 3. The van der Waals surface area contributed by atoms with Crippen molar-refractivity contribution < 1.29 is 18.8 Å². The highest BCUT2D eigenvalue weighted by Gasteiger charge is 2.39. The number of nitrogens with one attached hydrogen (secondary N) is 1. The minimum Gasteiger partial charge on any atom is -0.381 e. The molecule has 0 spiro atoms. The average molecular weight is 318 g/mol. The summed E-state index contributed by atoms with van der Waals surface area (Å²) in [4.78, 5) is 20.0. The number of methoxy groups -OCH3 is 1. The van der Waals surface area contributed by atoms with Gasteiger partial charge in [-0.05, 0) is 12.1 Å². The van der Waals surface area contributed by atoms with Crippen molar-refractivity contribution in [3.63, 3.8) is 0 Å². The van der Waals surface area contributed by atoms with Crippen LogP contribution in [0.4, 0.5) is 0 Å². The average Bonchev–Trinajstić information content (AvgIpc) is 3.12. The number of hydrogen-bond donors (Lipinski definition) is 1. The standard InChI is InChI=1S/C15H18N4O4/c1-16-12(20)11-4-3-10(9-17-11)13-18-14(19-23-13)15(21-2)5-7-22-8-6-15/h3-4,9H,5-8H2,1-2H3,(H,16,20). The van der Waals surface area contributed by atoms with Crippen LogP contribution in [-0.2, 0) is 15.1 Å². The van der Waals surface area contributed by atoms with Crippen molar-refractivity contribution in [3.8, 4) is 11.5 Å². The van der Waals surface area contributed by atoms with Crippen LogP contribution < -0.4 is 5.32 Å². The van der Waals surface area contributed by atoms with E-state index in [-0.39, 0.29) is 5.91 Å². The molecule has 0 aliphatic carbocycles. The van der Waals surface area contributed by atoms with E-state index < -0.39 is 5.60 Å². The zero-order chi connectivity index (χ0) is 16.3. The van der Waals surface area contributed by atoms with Gasteiger partial charge in [0.05, 0.1) is 5.56 Å². The molecule has 0 unspecified atom stereocenters. The van der Waals surface area contributed by atoms with Gasteiger partial charge in [0.2, 0.25) is 5.82 Å². The number of aromatic nitrogens is 3. The zero-order valence-corrected chi connectivity index (χ0v) is 13.0. The van der Waals surface area contributed by atoms with Gasteiger partial charge in [0.25, 0.3) is 11.8 Å². The monoisotopic (exact) mass is 318 g/mol. The van der Waals surface area contributed by atoms with Crippen LogP contribution in [0.15, 0.2) is 22.9 Å². The third-order valence-electron chi connectivity index (χ3n) is 3.99. The first-order chi connectivity index (χ1) is 11.2. The van der Waals surface area contributed by atoms with E-state index in [1.165, 1.54) is 6.20 Å². The van der Waals surface area contributed by atoms with E-state index in [1.54, 1.807) is 26.3 Å². The molecule has 8 nitrogen and oxygen atoms in total. The number of carbonyl (C=O) groups is 1. The largest absolute Gasteiger partial charge is 0.381 e. The number of amides is 1. The summed E-state index contributed by atoms with van der Waals surface area (Å²) >= 11 is 0. The lowest BCUT2D eigenvalue weighted by molar-refractivity contribution is -0.101. The molecule has 0 atom stereocenters. The maximum absolute atomic E-state index is 11.5. The second-order valence-electron chi connectivity index (χ2n) is 5.25. The molecule has 0 saturated carbocycles. The molecule has 2 aromatic heterocycles. The van der Waals surface area contributed by atoms with Crippen molar-refractivity contribution in [2.75, 3.05) is 27.4 Å². The summed E-state index contributed by atoms with van der Waals surface area (Å²) in [5, 5.41) is 6.58. The molecule has 122 valence electrons. The number of hydrogen-bond acceptors (Lipinski definition) is 7. The summed E-state index contributed by atoms with van der Waals surface area (Å²) in [5.74, 6) is 0.607. The summed E-state index contributed by atoms with van der Waals surface area (Å²) in [7, 11) is 3.20. The Hall–Kier alpha value is -2.32. The third kappa shape index (κ3) is 2.95. The van der Waals surface area contributed by atoms with Crippen molar-refractivity contribution in [1.82, 2.24) is 20.4 Å². The Kier molecular flexibility index (Phi) is 4.35. The molecule has 1 aliphatic heterocycles. The molecule has 8 heteroatoms. The van der Waals surface area contributed by atoms with Gasteiger partial charge < -0.3 is 19.3 Å². The van der Waals surface area contributed by atoms with Gasteiger partial charge in [-0.2, -0.15) is 4.98 Å². The first kappa shape index (κ1) is 15.6. The SMILES string of the molecule is CNC(=O)c1ccc(-c2nc(C3(OC)CCOCC3)no2)cn1. The molecule has 1 aliphatic rings. The molecule has 0 bridgehead atoms. The van der Waals surface area contributed by atoms with Crippen LogP contribution >= 0.6 is 0 Å². The number of rotatable bonds is 4. The van der Waals surface area contributed by atoms with E-state index in [0.717, 1.165) is 0 Å². The van der Waals surface area contributed by atoms with Crippen LogP contribution in [0.1, 0.15) is 29.2 Å². The topological polar surface area (TPSA) is 99.4 Å². The quantitative estimate of drug-likeness (QED) is 0.902. The molecule has 3 rings (SSSR count). The van der Waals surface area contributed by atoms with E-state index in [2.05, 4.69) is 20.4 Å². The summed E-state index contributed by atoms with van der Waals surface area (Å²) in [6.45, 7) is 1.19. The number of carbonyl (C=O) groups excluding carboxylic acids is 1. The van der Waals surface area contributed by atoms with E-state index in [0.29, 0.717) is 49.0 Å². The van der Waals surface area contributed by atoms with E-state index in [4.69, 9.17) is 14.0 Å². The number of pyridine rings is 1. The molecule has 2 aromatic rings. The second kappa shape index (κ2) is 6.43. The molecule has 0 radical (unpaired) electrons. The highest BCUT2D eigenvalue weighted by Crippen LogP contribution is 2.34. The van der Waals surface area contributed by atoms with Crippen molar-refractivity contribution >= 4 is 5.91 Å². The van der Waals surface area contributed by atoms with Crippen LogP contribution in [0.3, 0.4) is 0 Å². The fourth-order valence-electron chi connectivity index (χ4n) is 2.53. The molecule has 1 fully saturated rings. The van der Waals surface area contributed by atoms with E-state index >= 15 is 0 Å². The van der Waals surface area contributed by atoms with Crippen molar-refractivity contribution in [1.29, 1.82) is 0 Å². The maximum atomic E-state index is 11.5. The van der Waals surface area contributed by atoms with Gasteiger partial charge in [-0.25, -0.2) is 0 Å². The minimum absolute atomic E-state index is 0.247. The van der Waals surface area contributed by atoms with Crippen LogP contribution in [0.25, 0.3) is 11.5 Å². The van der Waals surface area contributed by atoms with Gasteiger partial charge in [0.1, 0.15) is 11.3 Å². The molecular weight excluding hydrogens is 300 g/mol. The number of ether oxygens (including phenoxy) is 2. The normalized spacial score (nSPS) is 17.0. The molecular formula is C15H18N4O4. The Balaban J connectivity index is 1.85. The lowest BCUT2D eigenvalue weighted by Gasteiger charge is -2.32. The second-order valence-corrected chi connectivity index (χ2v) is 5.25. The summed E-state index contributed by atoms with van der Waals surface area (Å²) in [6, 6.07) is 3.33. The predicted molar refractivity (Wildman–Crippen MR) is 79.7 cm³/mol. The first-order valence-electron chi connectivity index (χ1n) is 7.34. The van der Waals surface area contributed by atoms with Crippen LogP contribution in [0.5, 0.6) is 0 Å². The van der Waals surface area contributed by atoms with Crippen LogP contribution in [0, 0.1) is 0 Å². The molecule has 1 N–H and O–H groups in total. The van der Waals surface area contributed by atoms with Crippen LogP contribution in [-0.4, -0.2) is 48.4 Å². The summed E-state index contributed by atoms with van der Waals surface area (Å²) < 4.78 is 16.4. The van der Waals surface area contributed by atoms with Gasteiger partial charge in [-0.15, -0.1) is 0 Å². The van der Waals surface area contributed by atoms with E-state index in [1.807, 2.05) is 0 Å². The fraction of sp³-hybridized carbons (Fsp3) is 0.467. The maximum Gasteiger partial charge on any atom is 0.269 e. The zero-order valence-electron chi connectivity index (χ0n) is 13.0.